The van der Waals surface area contributed by atoms with Crippen molar-refractivity contribution in [3.63, 3.8) is 0 Å². The third kappa shape index (κ3) is 2.17. The van der Waals surface area contributed by atoms with Crippen molar-refractivity contribution in [1.82, 2.24) is 29.5 Å². The summed E-state index contributed by atoms with van der Waals surface area (Å²) in [5, 5.41) is 9.22. The normalized spacial score (nSPS) is 21.0. The molecule has 0 aliphatic carbocycles. The van der Waals surface area contributed by atoms with E-state index >= 15 is 0 Å². The lowest BCUT2D eigenvalue weighted by molar-refractivity contribution is 0.374. The highest BCUT2D eigenvalue weighted by atomic mass is 15.4. The van der Waals surface area contributed by atoms with E-state index in [0.29, 0.717) is 5.92 Å². The molecular weight excluding hydrogens is 300 g/mol. The average molecular weight is 322 g/mol. The van der Waals surface area contributed by atoms with Gasteiger partial charge in [0.25, 0.3) is 0 Å². The molecule has 0 radical (unpaired) electrons. The molecule has 1 unspecified atom stereocenters. The molecule has 0 saturated carbocycles. The van der Waals surface area contributed by atoms with Gasteiger partial charge in [-0.3, -0.25) is 0 Å². The Morgan fingerprint density at radius 1 is 1.25 bits per heavy atom. The van der Waals surface area contributed by atoms with Gasteiger partial charge in [0.05, 0.1) is 23.1 Å². The van der Waals surface area contributed by atoms with Crippen LogP contribution in [0, 0.1) is 5.92 Å². The van der Waals surface area contributed by atoms with Gasteiger partial charge in [-0.1, -0.05) is 18.2 Å². The zero-order valence-corrected chi connectivity index (χ0v) is 13.9. The third-order valence-corrected chi connectivity index (χ3v) is 5.32. The van der Waals surface area contributed by atoms with E-state index in [-0.39, 0.29) is 0 Å². The van der Waals surface area contributed by atoms with E-state index < -0.39 is 0 Å². The van der Waals surface area contributed by atoms with Gasteiger partial charge in [-0.2, -0.15) is 9.78 Å². The van der Waals surface area contributed by atoms with E-state index in [4.69, 9.17) is 4.98 Å². The van der Waals surface area contributed by atoms with Crippen molar-refractivity contribution in [3.8, 4) is 5.95 Å². The Kier molecular flexibility index (Phi) is 3.21. The smallest absolute Gasteiger partial charge is 0.231 e. The van der Waals surface area contributed by atoms with Crippen molar-refractivity contribution in [2.24, 2.45) is 5.92 Å². The Morgan fingerprint density at radius 2 is 2.17 bits per heavy atom. The van der Waals surface area contributed by atoms with Crippen LogP contribution >= 0.6 is 0 Å². The lowest BCUT2D eigenvalue weighted by Gasteiger charge is -2.16. The van der Waals surface area contributed by atoms with Crippen molar-refractivity contribution in [1.29, 1.82) is 0 Å². The number of benzene rings is 1. The minimum atomic E-state index is 0.689. The van der Waals surface area contributed by atoms with Crippen molar-refractivity contribution in [2.45, 2.75) is 26.1 Å². The lowest BCUT2D eigenvalue weighted by Crippen LogP contribution is -2.20. The Hall–Kier alpha value is -2.18. The largest absolute Gasteiger partial charge is 0.311 e. The molecule has 6 nitrogen and oxygen atoms in total. The predicted molar refractivity (Wildman–Crippen MR) is 93.0 cm³/mol. The van der Waals surface area contributed by atoms with E-state index in [9.17, 15) is 0 Å². The van der Waals surface area contributed by atoms with Crippen LogP contribution in [-0.4, -0.2) is 44.4 Å². The van der Waals surface area contributed by atoms with Gasteiger partial charge in [0.1, 0.15) is 0 Å². The topological polar surface area (TPSA) is 50.9 Å². The van der Waals surface area contributed by atoms with Crippen molar-refractivity contribution in [2.75, 3.05) is 20.1 Å². The first kappa shape index (κ1) is 14.2. The summed E-state index contributed by atoms with van der Waals surface area (Å²) in [6, 6.07) is 8.34. The minimum Gasteiger partial charge on any atom is -0.311 e. The number of nitrogens with zero attached hydrogens (tertiary/aromatic N) is 5. The highest BCUT2D eigenvalue weighted by molar-refractivity contribution is 5.79. The van der Waals surface area contributed by atoms with Gasteiger partial charge in [0.2, 0.25) is 5.95 Å². The molecule has 2 aliphatic heterocycles. The standard InChI is InChI=1S/C18H22N6/c1-22-7-6-13(11-22)12-23-17-10-19-9-15(17)21-18(23)24-16-5-3-2-4-14(16)8-20-24/h2-5,8,13,19H,6-7,9-12H2,1H3. The molecule has 5 rings (SSSR count). The number of likely N-dealkylation sites (tertiary alicyclic amines) is 1. The van der Waals surface area contributed by atoms with Crippen molar-refractivity contribution >= 4 is 10.9 Å². The molecule has 4 heterocycles. The third-order valence-electron chi connectivity index (χ3n) is 5.32. The summed E-state index contributed by atoms with van der Waals surface area (Å²) in [7, 11) is 2.21. The van der Waals surface area contributed by atoms with Crippen LogP contribution in [0.2, 0.25) is 0 Å². The monoisotopic (exact) mass is 322 g/mol. The summed E-state index contributed by atoms with van der Waals surface area (Å²) in [6.07, 6.45) is 3.19. The highest BCUT2D eigenvalue weighted by Crippen LogP contribution is 2.26. The molecule has 124 valence electrons. The quantitative estimate of drug-likeness (QED) is 0.798. The van der Waals surface area contributed by atoms with Gasteiger partial charge in [0, 0.05) is 31.6 Å². The molecular formula is C18H22N6. The lowest BCUT2D eigenvalue weighted by atomic mass is 10.1. The van der Waals surface area contributed by atoms with Crippen LogP contribution in [0.15, 0.2) is 30.5 Å². The number of hydrogen-bond donors (Lipinski definition) is 1. The maximum Gasteiger partial charge on any atom is 0.231 e. The number of rotatable bonds is 3. The summed E-state index contributed by atoms with van der Waals surface area (Å²) in [5.74, 6) is 1.66. The Labute approximate surface area is 141 Å². The number of nitrogens with one attached hydrogen (secondary N) is 1. The molecule has 1 saturated heterocycles. The molecule has 1 aromatic carbocycles. The molecule has 1 atom stereocenters. The second-order valence-electron chi connectivity index (χ2n) is 7.05. The van der Waals surface area contributed by atoms with E-state index in [0.717, 1.165) is 36.5 Å². The van der Waals surface area contributed by atoms with Crippen molar-refractivity contribution < 1.29 is 0 Å². The van der Waals surface area contributed by atoms with Gasteiger partial charge < -0.3 is 14.8 Å². The summed E-state index contributed by atoms with van der Waals surface area (Å²) < 4.78 is 4.41. The van der Waals surface area contributed by atoms with Crippen LogP contribution in [0.25, 0.3) is 16.9 Å². The first-order valence-electron chi connectivity index (χ1n) is 8.70. The van der Waals surface area contributed by atoms with Crippen LogP contribution in [-0.2, 0) is 19.6 Å². The fourth-order valence-electron chi connectivity index (χ4n) is 4.08. The molecule has 1 fully saturated rings. The van der Waals surface area contributed by atoms with Gasteiger partial charge in [-0.15, -0.1) is 0 Å². The maximum atomic E-state index is 4.93. The van der Waals surface area contributed by atoms with Crippen molar-refractivity contribution in [3.05, 3.63) is 41.9 Å². The van der Waals surface area contributed by atoms with Gasteiger partial charge >= 0.3 is 0 Å². The minimum absolute atomic E-state index is 0.689. The Morgan fingerprint density at radius 3 is 3.04 bits per heavy atom. The van der Waals surface area contributed by atoms with Crippen LogP contribution in [0.1, 0.15) is 17.8 Å². The first-order chi connectivity index (χ1) is 11.8. The highest BCUT2D eigenvalue weighted by Gasteiger charge is 2.27. The van der Waals surface area contributed by atoms with E-state index in [1.165, 1.54) is 30.9 Å². The fraction of sp³-hybridized carbons (Fsp3) is 0.444. The fourth-order valence-corrected chi connectivity index (χ4v) is 4.08. The predicted octanol–water partition coefficient (Wildman–Crippen LogP) is 1.78. The molecule has 2 aromatic heterocycles. The Balaban J connectivity index is 1.61. The second kappa shape index (κ2) is 5.43. The number of aromatic nitrogens is 4. The van der Waals surface area contributed by atoms with Crippen LogP contribution in [0.3, 0.4) is 0 Å². The van der Waals surface area contributed by atoms with Crippen LogP contribution in [0.4, 0.5) is 0 Å². The molecule has 1 N–H and O–H groups in total. The molecule has 6 heteroatoms. The van der Waals surface area contributed by atoms with E-state index in [1.807, 2.05) is 10.9 Å². The van der Waals surface area contributed by atoms with Crippen LogP contribution in [0.5, 0.6) is 0 Å². The molecule has 0 spiro atoms. The first-order valence-corrected chi connectivity index (χ1v) is 8.70. The van der Waals surface area contributed by atoms with Crippen LogP contribution < -0.4 is 5.32 Å². The summed E-state index contributed by atoms with van der Waals surface area (Å²) >= 11 is 0. The molecule has 24 heavy (non-hydrogen) atoms. The molecule has 0 bridgehead atoms. The van der Waals surface area contributed by atoms with Gasteiger partial charge in [0.15, 0.2) is 0 Å². The number of fused-ring (bicyclic) bond motifs is 2. The average Bonchev–Trinajstić information content (AvgIpc) is 3.33. The summed E-state index contributed by atoms with van der Waals surface area (Å²) in [4.78, 5) is 7.35. The molecule has 3 aromatic rings. The molecule has 0 amide bonds. The zero-order chi connectivity index (χ0) is 16.1. The second-order valence-corrected chi connectivity index (χ2v) is 7.05. The van der Waals surface area contributed by atoms with Gasteiger partial charge in [-0.25, -0.2) is 4.98 Å². The Bertz CT molecular complexity index is 892. The number of para-hydroxylation sites is 1. The SMILES string of the molecule is CN1CCC(Cn2c(-n3ncc4ccccc43)nc3c2CNC3)C1. The van der Waals surface area contributed by atoms with Gasteiger partial charge in [-0.05, 0) is 32.0 Å². The summed E-state index contributed by atoms with van der Waals surface area (Å²) in [5.41, 5.74) is 3.63. The molecule has 2 aliphatic rings. The summed E-state index contributed by atoms with van der Waals surface area (Å²) in [6.45, 7) is 5.15. The number of imidazole rings is 1. The number of hydrogen-bond acceptors (Lipinski definition) is 4. The van der Waals surface area contributed by atoms with E-state index in [2.05, 4.69) is 51.2 Å². The zero-order valence-electron chi connectivity index (χ0n) is 13.9. The van der Waals surface area contributed by atoms with E-state index in [1.54, 1.807) is 0 Å². The maximum absolute atomic E-state index is 4.93.